The van der Waals surface area contributed by atoms with Gasteiger partial charge in [-0.3, -0.25) is 19.2 Å². The largest absolute Gasteiger partial charge is 0.459 e. The van der Waals surface area contributed by atoms with Gasteiger partial charge in [0.25, 0.3) is 0 Å². The molecule has 0 unspecified atom stereocenters. The Kier molecular flexibility index (Phi) is 21.3. The average molecular weight is 1200 g/mol. The molecular weight excluding hydrogens is 1130 g/mol. The zero-order valence-electron chi connectivity index (χ0n) is 49.1. The van der Waals surface area contributed by atoms with E-state index in [4.69, 9.17) is 52.1 Å². The number of carbonyl (C=O) groups excluding carboxylic acids is 9. The van der Waals surface area contributed by atoms with Crippen molar-refractivity contribution in [3.8, 4) is 11.1 Å². The zero-order chi connectivity index (χ0) is 62.5. The second-order valence-electron chi connectivity index (χ2n) is 21.8. The van der Waals surface area contributed by atoms with Crippen molar-refractivity contribution in [2.24, 2.45) is 0 Å². The molecule has 2 saturated heterocycles. The Labute approximate surface area is 501 Å². The lowest BCUT2D eigenvalue weighted by Gasteiger charge is -2.47. The Balaban J connectivity index is 1.12. The van der Waals surface area contributed by atoms with Crippen LogP contribution in [0.4, 0.5) is 4.79 Å². The van der Waals surface area contributed by atoms with E-state index in [1.54, 1.807) is 75.4 Å². The fourth-order valence-corrected chi connectivity index (χ4v) is 10.4. The maximum Gasteiger partial charge on any atom is 0.407 e. The van der Waals surface area contributed by atoms with E-state index in [-0.39, 0.29) is 29.2 Å². The van der Waals surface area contributed by atoms with E-state index >= 15 is 0 Å². The summed E-state index contributed by atoms with van der Waals surface area (Å²) in [5, 5.41) is 7.92. The third kappa shape index (κ3) is 16.7. The standard InChI is InChI=1S/C64H69N3O20/c1-35(50(60(75)87-64(6,7)8)67-63(76)79-32-47-45-30-20-18-28-43(45)44-29-19-21-31-46(44)47)80-62-52(66-37(3)69)55(82-39(5)71)53(81-38(4)70)49(84-62)34-78-61-51(65-36(2)68)56(86-59(74)42-26-16-11-17-27-42)54(85-58(73)41-24-14-10-15-25-41)48(83-61)33-77-57(72)40-22-12-9-13-23-40/h9-31,35,47-56,61-62H,32-34H2,1-8H3,(H,65,68)(H,66,69)(H,67,76)/t35-,48-,49-,50+,51-,52-,53+,54-,55-,56-,61-,62+/m1/s1. The predicted molar refractivity (Wildman–Crippen MR) is 306 cm³/mol. The molecule has 2 aliphatic heterocycles. The van der Waals surface area contributed by atoms with E-state index in [1.165, 1.54) is 43.3 Å². The van der Waals surface area contributed by atoms with Crippen LogP contribution in [0.3, 0.4) is 0 Å². The summed E-state index contributed by atoms with van der Waals surface area (Å²) in [7, 11) is 0. The van der Waals surface area contributed by atoms with Crippen LogP contribution in [0, 0.1) is 0 Å². The topological polar surface area (TPSA) is 291 Å². The van der Waals surface area contributed by atoms with Gasteiger partial charge in [-0.05, 0) is 86.3 Å². The van der Waals surface area contributed by atoms with E-state index in [1.807, 2.05) is 48.5 Å². The van der Waals surface area contributed by atoms with Gasteiger partial charge in [0.15, 0.2) is 43.0 Å². The number of fused-ring (bicyclic) bond motifs is 3. The summed E-state index contributed by atoms with van der Waals surface area (Å²) in [5.41, 5.74) is 3.00. The van der Waals surface area contributed by atoms with E-state index in [0.717, 1.165) is 49.9 Å². The van der Waals surface area contributed by atoms with E-state index in [0.29, 0.717) is 0 Å². The number of carbonyl (C=O) groups is 9. The molecule has 87 heavy (non-hydrogen) atoms. The van der Waals surface area contributed by atoms with Gasteiger partial charge in [-0.2, -0.15) is 0 Å². The molecule has 2 fully saturated rings. The lowest BCUT2D eigenvalue weighted by molar-refractivity contribution is -0.310. The van der Waals surface area contributed by atoms with E-state index < -0.39 is 146 Å². The number of rotatable bonds is 21. The van der Waals surface area contributed by atoms with E-state index in [2.05, 4.69) is 16.0 Å². The van der Waals surface area contributed by atoms with Crippen molar-refractivity contribution in [3.63, 3.8) is 0 Å². The van der Waals surface area contributed by atoms with Crippen LogP contribution < -0.4 is 16.0 Å². The minimum Gasteiger partial charge on any atom is -0.459 e. The summed E-state index contributed by atoms with van der Waals surface area (Å²) in [5.74, 6) is -7.25. The van der Waals surface area contributed by atoms with Gasteiger partial charge >= 0.3 is 41.9 Å². The molecule has 1 aliphatic carbocycles. The molecule has 0 radical (unpaired) electrons. The second kappa shape index (κ2) is 28.9. The van der Waals surface area contributed by atoms with Crippen LogP contribution in [0.25, 0.3) is 11.1 Å². The molecule has 23 heteroatoms. The van der Waals surface area contributed by atoms with Gasteiger partial charge in [-0.1, -0.05) is 103 Å². The summed E-state index contributed by atoms with van der Waals surface area (Å²) in [6, 6.07) is 34.1. The fraction of sp³-hybridized carbons (Fsp3) is 0.391. The van der Waals surface area contributed by atoms with Gasteiger partial charge in [-0.15, -0.1) is 0 Å². The Bertz CT molecular complexity index is 3220. The smallest absolute Gasteiger partial charge is 0.407 e. The molecule has 0 spiro atoms. The molecule has 23 nitrogen and oxygen atoms in total. The van der Waals surface area contributed by atoms with Crippen molar-refractivity contribution in [2.45, 2.75) is 140 Å². The number of ether oxygens (including phenoxy) is 11. The fourth-order valence-electron chi connectivity index (χ4n) is 10.4. The lowest BCUT2D eigenvalue weighted by Crippen LogP contribution is -2.69. The van der Waals surface area contributed by atoms with Crippen molar-refractivity contribution >= 4 is 53.7 Å². The van der Waals surface area contributed by atoms with Gasteiger partial charge in [0.05, 0.1) is 29.4 Å². The minimum absolute atomic E-state index is 0.0518. The van der Waals surface area contributed by atoms with Gasteiger partial charge in [0, 0.05) is 33.6 Å². The lowest BCUT2D eigenvalue weighted by atomic mass is 9.94. The molecule has 0 aromatic heterocycles. The highest BCUT2D eigenvalue weighted by Crippen LogP contribution is 2.44. The number of alkyl carbamates (subject to hydrolysis) is 1. The van der Waals surface area contributed by atoms with Crippen molar-refractivity contribution < 1.29 is 95.3 Å². The first-order chi connectivity index (χ1) is 41.5. The van der Waals surface area contributed by atoms with Crippen LogP contribution in [0.1, 0.15) is 104 Å². The summed E-state index contributed by atoms with van der Waals surface area (Å²) < 4.78 is 67.3. The summed E-state index contributed by atoms with van der Waals surface area (Å²) >= 11 is 0. The molecule has 3 N–H and O–H groups in total. The van der Waals surface area contributed by atoms with Crippen molar-refractivity contribution in [3.05, 3.63) is 167 Å². The van der Waals surface area contributed by atoms with Crippen LogP contribution in [-0.2, 0) is 76.1 Å². The maximum absolute atomic E-state index is 14.2. The monoisotopic (exact) mass is 1200 g/mol. The Morgan fingerprint density at radius 1 is 0.494 bits per heavy atom. The van der Waals surface area contributed by atoms with Gasteiger partial charge in [0.2, 0.25) is 11.8 Å². The van der Waals surface area contributed by atoms with Gasteiger partial charge in [-0.25, -0.2) is 24.0 Å². The number of hydrogen-bond acceptors (Lipinski definition) is 20. The number of benzene rings is 5. The van der Waals surface area contributed by atoms with Crippen LogP contribution in [0.5, 0.6) is 0 Å². The van der Waals surface area contributed by atoms with Gasteiger partial charge in [0.1, 0.15) is 43.1 Å². The van der Waals surface area contributed by atoms with Crippen LogP contribution in [-0.4, -0.2) is 153 Å². The summed E-state index contributed by atoms with van der Waals surface area (Å²) in [6.07, 6.45) is -15.8. The first-order valence-corrected chi connectivity index (χ1v) is 28.1. The molecule has 460 valence electrons. The van der Waals surface area contributed by atoms with Crippen molar-refractivity contribution in [1.82, 2.24) is 16.0 Å². The Morgan fingerprint density at radius 3 is 1.43 bits per heavy atom. The molecular formula is C64H69N3O20. The SMILES string of the molecule is CC(=O)N[C@H]1[C@@H](O[C@H](C)[C@H](NC(=O)OCC2c3ccccc3-c3ccccc32)C(=O)OC(C)(C)C)O[C@H](CO[C@@H]2O[C@H](COC(=O)c3ccccc3)[C@@H](OC(=O)c3ccccc3)[C@H](OC(=O)c3ccccc3)[C@H]2NC(C)=O)[C@H](OC(C)=O)[C@@H]1OC(C)=O. The molecule has 0 saturated carbocycles. The first-order valence-electron chi connectivity index (χ1n) is 28.1. The quantitative estimate of drug-likeness (QED) is 0.0537. The number of amides is 3. The van der Waals surface area contributed by atoms with Crippen LogP contribution in [0.15, 0.2) is 140 Å². The van der Waals surface area contributed by atoms with Gasteiger partial charge < -0.3 is 68.1 Å². The van der Waals surface area contributed by atoms with Crippen LogP contribution in [0.2, 0.25) is 0 Å². The predicted octanol–water partition coefficient (Wildman–Crippen LogP) is 6.29. The second-order valence-corrected chi connectivity index (χ2v) is 21.8. The molecule has 12 atom stereocenters. The molecule has 3 aliphatic rings. The van der Waals surface area contributed by atoms with Crippen molar-refractivity contribution in [2.75, 3.05) is 19.8 Å². The summed E-state index contributed by atoms with van der Waals surface area (Å²) in [4.78, 5) is 122. The highest BCUT2D eigenvalue weighted by atomic mass is 16.7. The first kappa shape index (κ1) is 64.0. The number of esters is 6. The van der Waals surface area contributed by atoms with Crippen LogP contribution >= 0.6 is 0 Å². The van der Waals surface area contributed by atoms with Crippen molar-refractivity contribution in [1.29, 1.82) is 0 Å². The highest BCUT2D eigenvalue weighted by molar-refractivity contribution is 5.91. The van der Waals surface area contributed by atoms with E-state index in [9.17, 15) is 43.2 Å². The third-order valence-electron chi connectivity index (χ3n) is 14.1. The molecule has 8 rings (SSSR count). The maximum atomic E-state index is 14.2. The molecule has 2 heterocycles. The molecule has 5 aromatic carbocycles. The highest BCUT2D eigenvalue weighted by Gasteiger charge is 2.55. The Hall–Kier alpha value is -9.03. The number of hydrogen-bond donors (Lipinski definition) is 3. The normalized spacial score (nSPS) is 22.9. The summed E-state index contributed by atoms with van der Waals surface area (Å²) in [6.45, 7) is 9.08. The molecule has 3 amide bonds. The third-order valence-corrected chi connectivity index (χ3v) is 14.1. The minimum atomic E-state index is -1.77. The molecule has 0 bridgehead atoms. The number of nitrogens with one attached hydrogen (secondary N) is 3. The Morgan fingerprint density at radius 2 is 0.920 bits per heavy atom. The molecule has 5 aromatic rings. The zero-order valence-corrected chi connectivity index (χ0v) is 49.1. The average Bonchev–Trinajstić information content (AvgIpc) is 1.87.